The van der Waals surface area contributed by atoms with Crippen LogP contribution in [0.25, 0.3) is 0 Å². The van der Waals surface area contributed by atoms with Crippen LogP contribution in [0.5, 0.6) is 0 Å². The summed E-state index contributed by atoms with van der Waals surface area (Å²) in [5.41, 5.74) is 5.88. The van der Waals surface area contributed by atoms with Gasteiger partial charge in [-0.3, -0.25) is 0 Å². The number of hydrogen-bond acceptors (Lipinski definition) is 1. The molecule has 0 saturated carbocycles. The molecule has 1 heteroatoms. The standard InChI is InChI=1S/C17H16O/c1-18-17-14-9-5-4-8-13(14)16-12-7-3-2-6-11(12)10-15(16)17/h2-9,15-17H,10H2,1H3/t15-,16+,17-/m0/s1. The Morgan fingerprint density at radius 1 is 0.889 bits per heavy atom. The number of rotatable bonds is 1. The summed E-state index contributed by atoms with van der Waals surface area (Å²) in [5.74, 6) is 1.13. The van der Waals surface area contributed by atoms with Gasteiger partial charge in [-0.05, 0) is 28.7 Å². The van der Waals surface area contributed by atoms with Crippen molar-refractivity contribution in [3.63, 3.8) is 0 Å². The molecule has 18 heavy (non-hydrogen) atoms. The van der Waals surface area contributed by atoms with Crippen molar-refractivity contribution in [3.8, 4) is 0 Å². The highest BCUT2D eigenvalue weighted by molar-refractivity contribution is 5.51. The van der Waals surface area contributed by atoms with Gasteiger partial charge in [0.05, 0.1) is 6.10 Å². The molecule has 1 nitrogen and oxygen atoms in total. The number of hydrogen-bond donors (Lipinski definition) is 0. The van der Waals surface area contributed by atoms with E-state index in [1.165, 1.54) is 22.3 Å². The van der Waals surface area contributed by atoms with Gasteiger partial charge in [-0.15, -0.1) is 0 Å². The van der Waals surface area contributed by atoms with E-state index in [9.17, 15) is 0 Å². The number of methoxy groups -OCH3 is 1. The lowest BCUT2D eigenvalue weighted by molar-refractivity contribution is 0.0617. The van der Waals surface area contributed by atoms with Crippen LogP contribution in [0, 0.1) is 5.92 Å². The monoisotopic (exact) mass is 236 g/mol. The van der Waals surface area contributed by atoms with Crippen LogP contribution in [0.15, 0.2) is 48.5 Å². The quantitative estimate of drug-likeness (QED) is 0.733. The average Bonchev–Trinajstić information content (AvgIpc) is 2.92. The highest BCUT2D eigenvalue weighted by Gasteiger charge is 2.45. The SMILES string of the molecule is CO[C@H]1c2ccccc2[C@H]2c3ccccc3C[C@@H]21. The van der Waals surface area contributed by atoms with Crippen LogP contribution in [-0.4, -0.2) is 7.11 Å². The van der Waals surface area contributed by atoms with E-state index in [1.807, 2.05) is 7.11 Å². The zero-order valence-corrected chi connectivity index (χ0v) is 10.5. The van der Waals surface area contributed by atoms with Crippen LogP contribution in [0.4, 0.5) is 0 Å². The molecular formula is C17H16O. The maximum absolute atomic E-state index is 5.78. The van der Waals surface area contributed by atoms with Crippen LogP contribution < -0.4 is 0 Å². The van der Waals surface area contributed by atoms with E-state index in [1.54, 1.807) is 0 Å². The third kappa shape index (κ3) is 1.20. The molecular weight excluding hydrogens is 220 g/mol. The average molecular weight is 236 g/mol. The first-order valence-corrected chi connectivity index (χ1v) is 6.59. The number of benzene rings is 2. The van der Waals surface area contributed by atoms with Gasteiger partial charge in [-0.2, -0.15) is 0 Å². The Balaban J connectivity index is 1.93. The van der Waals surface area contributed by atoms with Crippen LogP contribution >= 0.6 is 0 Å². The molecule has 2 aromatic rings. The fourth-order valence-electron chi connectivity index (χ4n) is 3.89. The molecule has 0 aliphatic heterocycles. The molecule has 3 atom stereocenters. The minimum atomic E-state index is 0.263. The van der Waals surface area contributed by atoms with Crippen molar-refractivity contribution < 1.29 is 4.74 Å². The van der Waals surface area contributed by atoms with E-state index in [-0.39, 0.29) is 6.10 Å². The Morgan fingerprint density at radius 2 is 1.56 bits per heavy atom. The molecule has 0 heterocycles. The van der Waals surface area contributed by atoms with Crippen molar-refractivity contribution in [2.24, 2.45) is 5.92 Å². The van der Waals surface area contributed by atoms with Crippen molar-refractivity contribution in [1.82, 2.24) is 0 Å². The fourth-order valence-corrected chi connectivity index (χ4v) is 3.89. The van der Waals surface area contributed by atoms with Crippen molar-refractivity contribution in [2.45, 2.75) is 18.4 Å². The third-order valence-electron chi connectivity index (χ3n) is 4.55. The molecule has 0 amide bonds. The second-order valence-corrected chi connectivity index (χ2v) is 5.33. The largest absolute Gasteiger partial charge is 0.376 e. The van der Waals surface area contributed by atoms with Gasteiger partial charge in [-0.1, -0.05) is 48.5 Å². The molecule has 90 valence electrons. The number of fused-ring (bicyclic) bond motifs is 5. The smallest absolute Gasteiger partial charge is 0.0864 e. The molecule has 0 saturated heterocycles. The van der Waals surface area contributed by atoms with Gasteiger partial charge in [0.2, 0.25) is 0 Å². The van der Waals surface area contributed by atoms with E-state index in [0.717, 1.165) is 6.42 Å². The van der Waals surface area contributed by atoms with Crippen LogP contribution in [0.3, 0.4) is 0 Å². The Bertz CT molecular complexity index is 602. The molecule has 0 bridgehead atoms. The van der Waals surface area contributed by atoms with E-state index in [4.69, 9.17) is 4.74 Å². The van der Waals surface area contributed by atoms with E-state index >= 15 is 0 Å². The van der Waals surface area contributed by atoms with Crippen molar-refractivity contribution >= 4 is 0 Å². The first-order valence-electron chi connectivity index (χ1n) is 6.59. The summed E-state index contributed by atoms with van der Waals surface area (Å²) in [6.45, 7) is 0. The van der Waals surface area contributed by atoms with Crippen LogP contribution in [0.2, 0.25) is 0 Å². The molecule has 2 aromatic carbocycles. The molecule has 0 N–H and O–H groups in total. The van der Waals surface area contributed by atoms with Gasteiger partial charge in [0.15, 0.2) is 0 Å². The lowest BCUT2D eigenvalue weighted by Crippen LogP contribution is -2.11. The zero-order chi connectivity index (χ0) is 12.1. The highest BCUT2D eigenvalue weighted by atomic mass is 16.5. The minimum absolute atomic E-state index is 0.263. The first-order chi connectivity index (χ1) is 8.90. The molecule has 0 spiro atoms. The van der Waals surface area contributed by atoms with E-state index in [0.29, 0.717) is 11.8 Å². The van der Waals surface area contributed by atoms with Crippen molar-refractivity contribution in [2.75, 3.05) is 7.11 Å². The highest BCUT2D eigenvalue weighted by Crippen LogP contribution is 2.55. The second-order valence-electron chi connectivity index (χ2n) is 5.33. The predicted octanol–water partition coefficient (Wildman–Crippen LogP) is 3.69. The molecule has 0 aromatic heterocycles. The summed E-state index contributed by atoms with van der Waals surface area (Å²) in [7, 11) is 1.84. The Labute approximate surface area is 107 Å². The summed E-state index contributed by atoms with van der Waals surface area (Å²) < 4.78 is 5.78. The van der Waals surface area contributed by atoms with Gasteiger partial charge in [0.1, 0.15) is 0 Å². The van der Waals surface area contributed by atoms with Crippen molar-refractivity contribution in [3.05, 3.63) is 70.8 Å². The fraction of sp³-hybridized carbons (Fsp3) is 0.294. The Morgan fingerprint density at radius 3 is 2.33 bits per heavy atom. The van der Waals surface area contributed by atoms with E-state index < -0.39 is 0 Å². The summed E-state index contributed by atoms with van der Waals surface area (Å²) in [4.78, 5) is 0. The predicted molar refractivity (Wildman–Crippen MR) is 71.7 cm³/mol. The molecule has 0 unspecified atom stereocenters. The lowest BCUT2D eigenvalue weighted by atomic mass is 9.92. The molecule has 2 aliphatic rings. The summed E-state index contributed by atoms with van der Waals surface area (Å²) in [5, 5.41) is 0. The van der Waals surface area contributed by atoms with Crippen molar-refractivity contribution in [1.29, 1.82) is 0 Å². The summed E-state index contributed by atoms with van der Waals surface area (Å²) in [6, 6.07) is 17.6. The maximum atomic E-state index is 5.78. The molecule has 4 rings (SSSR count). The van der Waals surface area contributed by atoms with E-state index in [2.05, 4.69) is 48.5 Å². The summed E-state index contributed by atoms with van der Waals surface area (Å²) in [6.07, 6.45) is 1.41. The maximum Gasteiger partial charge on any atom is 0.0864 e. The Kier molecular flexibility index (Phi) is 2.12. The first kappa shape index (κ1) is 10.3. The van der Waals surface area contributed by atoms with Gasteiger partial charge >= 0.3 is 0 Å². The second kappa shape index (κ2) is 3.69. The van der Waals surface area contributed by atoms with Gasteiger partial charge in [-0.25, -0.2) is 0 Å². The van der Waals surface area contributed by atoms with Gasteiger partial charge in [0.25, 0.3) is 0 Å². The number of ether oxygens (including phenoxy) is 1. The third-order valence-corrected chi connectivity index (χ3v) is 4.55. The normalized spacial score (nSPS) is 27.7. The van der Waals surface area contributed by atoms with Crippen LogP contribution in [-0.2, 0) is 11.2 Å². The van der Waals surface area contributed by atoms with Crippen LogP contribution in [0.1, 0.15) is 34.3 Å². The topological polar surface area (TPSA) is 9.23 Å². The molecule has 2 aliphatic carbocycles. The molecule has 0 radical (unpaired) electrons. The Hall–Kier alpha value is -1.60. The summed E-state index contributed by atoms with van der Waals surface area (Å²) >= 11 is 0. The minimum Gasteiger partial charge on any atom is -0.376 e. The zero-order valence-electron chi connectivity index (χ0n) is 10.5. The molecule has 0 fully saturated rings. The van der Waals surface area contributed by atoms with Gasteiger partial charge in [0, 0.05) is 18.9 Å². The van der Waals surface area contributed by atoms with Gasteiger partial charge < -0.3 is 4.74 Å². The lowest BCUT2D eigenvalue weighted by Gasteiger charge is -2.17.